The number of hydrogen-bond acceptors (Lipinski definition) is 5. The van der Waals surface area contributed by atoms with Crippen molar-refractivity contribution in [2.24, 2.45) is 0 Å². The predicted molar refractivity (Wildman–Crippen MR) is 102 cm³/mol. The molecular formula is C21H22N2O4. The van der Waals surface area contributed by atoms with Gasteiger partial charge >= 0.3 is 0 Å². The van der Waals surface area contributed by atoms with Crippen LogP contribution in [0.3, 0.4) is 0 Å². The minimum atomic E-state index is -1.63. The van der Waals surface area contributed by atoms with Crippen LogP contribution < -0.4 is 10.6 Å². The van der Waals surface area contributed by atoms with E-state index >= 15 is 0 Å². The fourth-order valence-corrected chi connectivity index (χ4v) is 2.48. The third-order valence-corrected chi connectivity index (χ3v) is 4.00. The first-order chi connectivity index (χ1) is 12.9. The molecule has 6 heteroatoms. The van der Waals surface area contributed by atoms with E-state index in [9.17, 15) is 19.8 Å². The molecule has 0 saturated carbocycles. The highest BCUT2D eigenvalue weighted by atomic mass is 16.3. The lowest BCUT2D eigenvalue weighted by Crippen LogP contribution is -2.66. The van der Waals surface area contributed by atoms with Gasteiger partial charge in [-0.2, -0.15) is 0 Å². The molecule has 0 aliphatic rings. The molecule has 0 unspecified atom stereocenters. The third-order valence-electron chi connectivity index (χ3n) is 4.00. The largest absolute Gasteiger partial charge is 0.507 e. The number of aliphatic hydroxyl groups is 1. The second-order valence-corrected chi connectivity index (χ2v) is 6.00. The lowest BCUT2D eigenvalue weighted by atomic mass is 10.0. The normalized spacial score (nSPS) is 13.6. The Bertz CT molecular complexity index is 869. The molecule has 2 aromatic carbocycles. The van der Waals surface area contributed by atoms with E-state index in [-0.39, 0.29) is 11.3 Å². The van der Waals surface area contributed by atoms with Gasteiger partial charge in [0.15, 0.2) is 11.9 Å². The van der Waals surface area contributed by atoms with Crippen LogP contribution in [0.5, 0.6) is 5.75 Å². The van der Waals surface area contributed by atoms with Gasteiger partial charge in [0.25, 0.3) is 5.91 Å². The Labute approximate surface area is 158 Å². The van der Waals surface area contributed by atoms with Crippen molar-refractivity contribution >= 4 is 12.2 Å². The number of amides is 1. The van der Waals surface area contributed by atoms with Crippen molar-refractivity contribution in [1.29, 1.82) is 0 Å². The average Bonchev–Trinajstić information content (AvgIpc) is 2.66. The number of hydrogen-bond donors (Lipinski definition) is 4. The van der Waals surface area contributed by atoms with Crippen LogP contribution in [0.25, 0.3) is 0 Å². The fraction of sp³-hybridized carbons (Fsp3) is 0.238. The van der Waals surface area contributed by atoms with Crippen molar-refractivity contribution < 1.29 is 19.8 Å². The molecule has 0 aliphatic heterocycles. The second kappa shape index (κ2) is 8.99. The Balaban J connectivity index is 2.23. The van der Waals surface area contributed by atoms with E-state index in [0.717, 1.165) is 5.56 Å². The third kappa shape index (κ3) is 4.94. The van der Waals surface area contributed by atoms with Crippen molar-refractivity contribution in [3.63, 3.8) is 0 Å². The summed E-state index contributed by atoms with van der Waals surface area (Å²) in [5.74, 6) is 4.92. The molecular weight excluding hydrogens is 344 g/mol. The molecule has 1 amide bonds. The second-order valence-electron chi connectivity index (χ2n) is 6.00. The number of carbonyl (C=O) groups excluding carboxylic acids is 2. The van der Waals surface area contributed by atoms with Gasteiger partial charge in [-0.3, -0.25) is 14.9 Å². The molecule has 0 bridgehead atoms. The van der Waals surface area contributed by atoms with Gasteiger partial charge in [-0.25, -0.2) is 0 Å². The first kappa shape index (κ1) is 20.2. The van der Waals surface area contributed by atoms with Crippen molar-refractivity contribution in [1.82, 2.24) is 10.6 Å². The molecule has 140 valence electrons. The van der Waals surface area contributed by atoms with Crippen LogP contribution in [-0.2, 0) is 4.79 Å². The standard InChI is InChI=1S/C21H22N2O4/c1-3-22-21(14-24,15(2)25)23-20(27)18-12-11-17(13-19(18)26)10-9-16-7-5-4-6-8-16/h4-8,11-15,22,25-26H,3H2,1-2H3,(H,23,27)/t15-,21-/m1/s1. The number of aromatic hydroxyl groups is 1. The molecule has 6 nitrogen and oxygen atoms in total. The first-order valence-electron chi connectivity index (χ1n) is 8.54. The van der Waals surface area contributed by atoms with E-state index in [1.54, 1.807) is 13.0 Å². The molecule has 2 aromatic rings. The maximum Gasteiger partial charge on any atom is 0.256 e. The van der Waals surface area contributed by atoms with E-state index in [1.807, 2.05) is 30.3 Å². The summed E-state index contributed by atoms with van der Waals surface area (Å²) in [6.45, 7) is 3.48. The summed E-state index contributed by atoms with van der Waals surface area (Å²) in [5, 5.41) is 25.3. The zero-order valence-corrected chi connectivity index (χ0v) is 15.2. The van der Waals surface area contributed by atoms with Crippen molar-refractivity contribution in [2.75, 3.05) is 6.54 Å². The van der Waals surface area contributed by atoms with E-state index in [1.165, 1.54) is 19.1 Å². The van der Waals surface area contributed by atoms with Crippen LogP contribution in [0, 0.1) is 11.8 Å². The molecule has 0 spiro atoms. The average molecular weight is 366 g/mol. The zero-order chi connectivity index (χ0) is 19.9. The molecule has 0 fully saturated rings. The highest BCUT2D eigenvalue weighted by Gasteiger charge is 2.36. The highest BCUT2D eigenvalue weighted by molar-refractivity contribution is 5.99. The Morgan fingerprint density at radius 2 is 1.85 bits per heavy atom. The molecule has 0 aromatic heterocycles. The minimum Gasteiger partial charge on any atom is -0.507 e. The van der Waals surface area contributed by atoms with Gasteiger partial charge in [-0.15, -0.1) is 0 Å². The monoisotopic (exact) mass is 366 g/mol. The van der Waals surface area contributed by atoms with Crippen molar-refractivity contribution in [3.8, 4) is 17.6 Å². The van der Waals surface area contributed by atoms with Crippen LogP contribution in [0.15, 0.2) is 48.5 Å². The summed E-state index contributed by atoms with van der Waals surface area (Å²) in [5.41, 5.74) is -0.289. The maximum absolute atomic E-state index is 12.5. The summed E-state index contributed by atoms with van der Waals surface area (Å²) in [6, 6.07) is 13.8. The highest BCUT2D eigenvalue weighted by Crippen LogP contribution is 2.19. The fourth-order valence-electron chi connectivity index (χ4n) is 2.48. The van der Waals surface area contributed by atoms with E-state index < -0.39 is 17.7 Å². The van der Waals surface area contributed by atoms with Crippen molar-refractivity contribution in [3.05, 3.63) is 65.2 Å². The lowest BCUT2D eigenvalue weighted by molar-refractivity contribution is -0.118. The molecule has 0 heterocycles. The molecule has 27 heavy (non-hydrogen) atoms. The Kier molecular flexibility index (Phi) is 6.72. The van der Waals surface area contributed by atoms with Gasteiger partial charge in [0, 0.05) is 11.1 Å². The molecule has 4 N–H and O–H groups in total. The first-order valence-corrected chi connectivity index (χ1v) is 8.54. The quantitative estimate of drug-likeness (QED) is 0.352. The number of phenolic OH excluding ortho intramolecular Hbond substituents is 1. The molecule has 0 aliphatic carbocycles. The number of aliphatic hydroxyl groups excluding tert-OH is 1. The molecule has 0 radical (unpaired) electrons. The van der Waals surface area contributed by atoms with Crippen LogP contribution in [-0.4, -0.2) is 40.7 Å². The van der Waals surface area contributed by atoms with Crippen LogP contribution in [0.1, 0.15) is 35.3 Å². The lowest BCUT2D eigenvalue weighted by Gasteiger charge is -2.32. The van der Waals surface area contributed by atoms with Crippen molar-refractivity contribution in [2.45, 2.75) is 25.6 Å². The van der Waals surface area contributed by atoms with Gasteiger partial charge in [-0.05, 0) is 43.8 Å². The van der Waals surface area contributed by atoms with E-state index in [2.05, 4.69) is 22.5 Å². The topological polar surface area (TPSA) is 98.7 Å². The maximum atomic E-state index is 12.5. The Morgan fingerprint density at radius 3 is 2.41 bits per heavy atom. The number of likely N-dealkylation sites (N-methyl/N-ethyl adjacent to an activating group) is 1. The summed E-state index contributed by atoms with van der Waals surface area (Å²) in [6.07, 6.45) is -0.729. The number of rotatable bonds is 6. The molecule has 0 saturated heterocycles. The van der Waals surface area contributed by atoms with E-state index in [0.29, 0.717) is 18.4 Å². The smallest absolute Gasteiger partial charge is 0.256 e. The Morgan fingerprint density at radius 1 is 1.19 bits per heavy atom. The number of aldehydes is 1. The predicted octanol–water partition coefficient (Wildman–Crippen LogP) is 1.41. The number of nitrogens with one attached hydrogen (secondary N) is 2. The van der Waals surface area contributed by atoms with Gasteiger partial charge in [0.1, 0.15) is 5.75 Å². The summed E-state index contributed by atoms with van der Waals surface area (Å²) in [4.78, 5) is 24.0. The molecule has 2 rings (SSSR count). The SMILES string of the molecule is CCN[C@](C=O)(NC(=O)c1ccc(C#Cc2ccccc2)cc1O)[C@@H](C)O. The van der Waals surface area contributed by atoms with Gasteiger partial charge < -0.3 is 15.5 Å². The van der Waals surface area contributed by atoms with Crippen LogP contribution in [0.4, 0.5) is 0 Å². The Hall–Kier alpha value is -3.14. The van der Waals surface area contributed by atoms with Gasteiger partial charge in [0.05, 0.1) is 11.7 Å². The zero-order valence-electron chi connectivity index (χ0n) is 15.2. The number of benzene rings is 2. The van der Waals surface area contributed by atoms with Crippen LogP contribution >= 0.6 is 0 Å². The summed E-state index contributed by atoms with van der Waals surface area (Å²) in [7, 11) is 0. The van der Waals surface area contributed by atoms with Crippen LogP contribution in [0.2, 0.25) is 0 Å². The summed E-state index contributed by atoms with van der Waals surface area (Å²) >= 11 is 0. The van der Waals surface area contributed by atoms with E-state index in [4.69, 9.17) is 0 Å². The van der Waals surface area contributed by atoms with Gasteiger partial charge in [-0.1, -0.05) is 37.0 Å². The number of phenols is 1. The number of carbonyl (C=O) groups is 2. The summed E-state index contributed by atoms with van der Waals surface area (Å²) < 4.78 is 0. The molecule has 2 atom stereocenters. The minimum absolute atomic E-state index is 0.0231. The van der Waals surface area contributed by atoms with Gasteiger partial charge in [0.2, 0.25) is 0 Å².